The molecule has 1 aromatic carbocycles. The van der Waals surface area contributed by atoms with Crippen LogP contribution < -0.4 is 21.5 Å². The number of piperidine rings is 1. The highest BCUT2D eigenvalue weighted by Crippen LogP contribution is 2.21. The molecule has 1 saturated heterocycles. The minimum absolute atomic E-state index is 0.131. The molecule has 31 heavy (non-hydrogen) atoms. The van der Waals surface area contributed by atoms with Crippen molar-refractivity contribution in [1.29, 1.82) is 0 Å². The number of anilines is 3. The average Bonchev–Trinajstić information content (AvgIpc) is 2.80. The number of H-pyrrole nitrogens is 1. The van der Waals surface area contributed by atoms with Gasteiger partial charge in [-0.25, -0.2) is 9.97 Å². The van der Waals surface area contributed by atoms with E-state index in [2.05, 4.69) is 25.2 Å². The zero-order valence-electron chi connectivity index (χ0n) is 17.5. The number of hydrogen-bond acceptors (Lipinski definition) is 6. The van der Waals surface area contributed by atoms with Crippen molar-refractivity contribution in [3.63, 3.8) is 0 Å². The number of benzene rings is 1. The van der Waals surface area contributed by atoms with E-state index in [1.165, 1.54) is 25.5 Å². The monoisotopic (exact) mass is 418 g/mol. The third kappa shape index (κ3) is 4.74. The summed E-state index contributed by atoms with van der Waals surface area (Å²) in [6, 6.07) is 10.7. The Hall–Kier alpha value is -3.68. The van der Waals surface area contributed by atoms with Gasteiger partial charge in [0.25, 0.3) is 11.5 Å². The number of hydrogen-bond donors (Lipinski definition) is 3. The largest absolute Gasteiger partial charge is 0.384 e. The molecule has 4 N–H and O–H groups in total. The van der Waals surface area contributed by atoms with Crippen molar-refractivity contribution in [2.24, 2.45) is 0 Å². The molecule has 8 heteroatoms. The van der Waals surface area contributed by atoms with Gasteiger partial charge in [-0.3, -0.25) is 9.59 Å². The molecule has 0 saturated carbocycles. The van der Waals surface area contributed by atoms with E-state index in [-0.39, 0.29) is 11.6 Å². The van der Waals surface area contributed by atoms with Crippen LogP contribution >= 0.6 is 0 Å². The van der Waals surface area contributed by atoms with Crippen LogP contribution in [0.3, 0.4) is 0 Å². The van der Waals surface area contributed by atoms with Gasteiger partial charge in [0, 0.05) is 47.9 Å². The van der Waals surface area contributed by atoms with E-state index < -0.39 is 5.56 Å². The highest BCUT2D eigenvalue weighted by Gasteiger charge is 2.14. The Balaban J connectivity index is 1.53. The van der Waals surface area contributed by atoms with Gasteiger partial charge >= 0.3 is 0 Å². The van der Waals surface area contributed by atoms with Gasteiger partial charge in [-0.2, -0.15) is 0 Å². The van der Waals surface area contributed by atoms with E-state index >= 15 is 0 Å². The third-order valence-electron chi connectivity index (χ3n) is 5.42. The highest BCUT2D eigenvalue weighted by atomic mass is 16.2. The molecule has 0 atom stereocenters. The molecule has 8 nitrogen and oxygen atoms in total. The number of carbonyl (C=O) groups is 1. The number of aryl methyl sites for hydroxylation is 1. The summed E-state index contributed by atoms with van der Waals surface area (Å²) < 4.78 is 0. The second kappa shape index (κ2) is 8.99. The van der Waals surface area contributed by atoms with Crippen LogP contribution in [0.5, 0.6) is 0 Å². The van der Waals surface area contributed by atoms with Gasteiger partial charge in [-0.15, -0.1) is 0 Å². The molecule has 1 aliphatic heterocycles. The van der Waals surface area contributed by atoms with Crippen LogP contribution in [-0.4, -0.2) is 33.9 Å². The summed E-state index contributed by atoms with van der Waals surface area (Å²) in [6.07, 6.45) is 5.88. The van der Waals surface area contributed by atoms with E-state index in [0.717, 1.165) is 24.5 Å². The molecule has 0 unspecified atom stereocenters. The van der Waals surface area contributed by atoms with Gasteiger partial charge in [0.1, 0.15) is 11.5 Å². The molecule has 0 spiro atoms. The van der Waals surface area contributed by atoms with Gasteiger partial charge in [0.2, 0.25) is 0 Å². The van der Waals surface area contributed by atoms with Crippen molar-refractivity contribution in [2.45, 2.75) is 32.6 Å². The van der Waals surface area contributed by atoms with Crippen LogP contribution in [-0.2, 0) is 6.42 Å². The van der Waals surface area contributed by atoms with Crippen LogP contribution in [0.25, 0.3) is 11.4 Å². The highest BCUT2D eigenvalue weighted by molar-refractivity contribution is 6.04. The van der Waals surface area contributed by atoms with Gasteiger partial charge in [-0.05, 0) is 56.0 Å². The zero-order chi connectivity index (χ0) is 21.8. The molecular formula is C23H26N6O2. The third-order valence-corrected chi connectivity index (χ3v) is 5.42. The number of pyridine rings is 1. The van der Waals surface area contributed by atoms with Crippen molar-refractivity contribution in [3.05, 3.63) is 64.2 Å². The molecule has 0 bridgehead atoms. The minimum Gasteiger partial charge on any atom is -0.384 e. The van der Waals surface area contributed by atoms with Crippen molar-refractivity contribution in [1.82, 2.24) is 15.0 Å². The maximum absolute atomic E-state index is 12.7. The Morgan fingerprint density at radius 1 is 1.13 bits per heavy atom. The Bertz CT molecular complexity index is 1130. The Kier molecular flexibility index (Phi) is 5.97. The lowest BCUT2D eigenvalue weighted by Crippen LogP contribution is -2.29. The van der Waals surface area contributed by atoms with Crippen LogP contribution in [0.4, 0.5) is 17.2 Å². The molecule has 1 aliphatic rings. The summed E-state index contributed by atoms with van der Waals surface area (Å²) in [6.45, 7) is 4.06. The fourth-order valence-corrected chi connectivity index (χ4v) is 3.70. The summed E-state index contributed by atoms with van der Waals surface area (Å²) >= 11 is 0. The van der Waals surface area contributed by atoms with Crippen molar-refractivity contribution >= 4 is 23.1 Å². The molecule has 1 fully saturated rings. The standard InChI is InChI=1S/C23H26N6O2/c1-2-17-13-20(24)28-21(26-17)16-12-19(23(31)25-14-16)27-22(30)15-6-8-18(9-7-15)29-10-4-3-5-11-29/h6-9,12-14H,2-5,10-11H2,1H3,(H,25,31)(H,27,30)(H2,24,26,28). The zero-order valence-corrected chi connectivity index (χ0v) is 17.5. The molecule has 2 aromatic heterocycles. The van der Waals surface area contributed by atoms with E-state index in [0.29, 0.717) is 29.2 Å². The predicted molar refractivity (Wildman–Crippen MR) is 122 cm³/mol. The quantitative estimate of drug-likeness (QED) is 0.586. The molecule has 4 rings (SSSR count). The molecule has 3 aromatic rings. The summed E-state index contributed by atoms with van der Waals surface area (Å²) in [5.74, 6) is 0.400. The lowest BCUT2D eigenvalue weighted by Gasteiger charge is -2.28. The van der Waals surface area contributed by atoms with Crippen molar-refractivity contribution in [2.75, 3.05) is 29.0 Å². The van der Waals surface area contributed by atoms with Gasteiger partial charge < -0.3 is 20.9 Å². The minimum atomic E-state index is -0.401. The molecule has 0 aliphatic carbocycles. The molecule has 3 heterocycles. The first kappa shape index (κ1) is 20.6. The molecular weight excluding hydrogens is 392 g/mol. The lowest BCUT2D eigenvalue weighted by molar-refractivity contribution is 0.102. The SMILES string of the molecule is CCc1cc(N)nc(-c2c[nH]c(=O)c(NC(=O)c3ccc(N4CCCCC4)cc3)c2)n1. The van der Waals surface area contributed by atoms with Crippen molar-refractivity contribution in [3.8, 4) is 11.4 Å². The summed E-state index contributed by atoms with van der Waals surface area (Å²) in [4.78, 5) is 38.7. The summed E-state index contributed by atoms with van der Waals surface area (Å²) in [5, 5.41) is 2.70. The predicted octanol–water partition coefficient (Wildman–Crippen LogP) is 3.22. The number of rotatable bonds is 5. The van der Waals surface area contributed by atoms with Gasteiger partial charge in [0.15, 0.2) is 5.82 Å². The maximum atomic E-state index is 12.7. The molecule has 0 radical (unpaired) electrons. The lowest BCUT2D eigenvalue weighted by atomic mass is 10.1. The summed E-state index contributed by atoms with van der Waals surface area (Å²) in [7, 11) is 0. The van der Waals surface area contributed by atoms with Crippen LogP contribution in [0.15, 0.2) is 47.4 Å². The maximum Gasteiger partial charge on any atom is 0.271 e. The second-order valence-electron chi connectivity index (χ2n) is 7.64. The number of nitrogens with one attached hydrogen (secondary N) is 2. The Labute approximate surface area is 180 Å². The number of carbonyl (C=O) groups excluding carboxylic acids is 1. The smallest absolute Gasteiger partial charge is 0.271 e. The number of nitrogens with two attached hydrogens (primary N) is 1. The first-order valence-corrected chi connectivity index (χ1v) is 10.6. The normalized spacial score (nSPS) is 13.8. The van der Waals surface area contributed by atoms with Gasteiger partial charge in [0.05, 0.1) is 0 Å². The van der Waals surface area contributed by atoms with Crippen LogP contribution in [0, 0.1) is 0 Å². The van der Waals surface area contributed by atoms with E-state index in [4.69, 9.17) is 5.73 Å². The number of nitrogen functional groups attached to an aromatic ring is 1. The van der Waals surface area contributed by atoms with Crippen molar-refractivity contribution < 1.29 is 4.79 Å². The summed E-state index contributed by atoms with van der Waals surface area (Å²) in [5.41, 5.74) is 8.56. The first-order chi connectivity index (χ1) is 15.0. The topological polar surface area (TPSA) is 117 Å². The number of amides is 1. The number of aromatic amines is 1. The average molecular weight is 419 g/mol. The Morgan fingerprint density at radius 2 is 1.87 bits per heavy atom. The number of nitrogens with zero attached hydrogens (tertiary/aromatic N) is 3. The fourth-order valence-electron chi connectivity index (χ4n) is 3.70. The van der Waals surface area contributed by atoms with Crippen LogP contribution in [0.2, 0.25) is 0 Å². The second-order valence-corrected chi connectivity index (χ2v) is 7.64. The van der Waals surface area contributed by atoms with Crippen LogP contribution in [0.1, 0.15) is 42.2 Å². The Morgan fingerprint density at radius 3 is 2.58 bits per heavy atom. The fraction of sp³-hybridized carbons (Fsp3) is 0.304. The van der Waals surface area contributed by atoms with E-state index in [1.807, 2.05) is 19.1 Å². The van der Waals surface area contributed by atoms with E-state index in [1.54, 1.807) is 24.3 Å². The first-order valence-electron chi connectivity index (χ1n) is 10.6. The number of aromatic nitrogens is 3. The molecule has 1 amide bonds. The molecule has 160 valence electrons. The van der Waals surface area contributed by atoms with E-state index in [9.17, 15) is 9.59 Å². The van der Waals surface area contributed by atoms with Gasteiger partial charge in [-0.1, -0.05) is 6.92 Å².